The Morgan fingerprint density at radius 1 is 1.29 bits per heavy atom. The predicted molar refractivity (Wildman–Crippen MR) is 141 cm³/mol. The maximum absolute atomic E-state index is 13.9. The fraction of sp³-hybridized carbons (Fsp3) is 0.423. The number of aromatic nitrogens is 1. The van der Waals surface area contributed by atoms with Crippen LogP contribution in [0.1, 0.15) is 36.8 Å². The van der Waals surface area contributed by atoms with Crippen LogP contribution in [0.5, 0.6) is 5.75 Å². The highest BCUT2D eigenvalue weighted by atomic mass is 127. The molecule has 1 unspecified atom stereocenters. The molecule has 4 rings (SSSR count). The van der Waals surface area contributed by atoms with Gasteiger partial charge in [0.1, 0.15) is 10.9 Å². The maximum Gasteiger partial charge on any atom is 0.333 e. The van der Waals surface area contributed by atoms with E-state index in [2.05, 4.69) is 27.6 Å². The number of nitrogens with zero attached hydrogens (tertiary/aromatic N) is 2. The number of aliphatic carboxylic acids is 1. The molecule has 1 saturated heterocycles. The van der Waals surface area contributed by atoms with Gasteiger partial charge in [0.05, 0.1) is 30.7 Å². The molecule has 186 valence electrons. The van der Waals surface area contributed by atoms with E-state index in [0.29, 0.717) is 42.6 Å². The van der Waals surface area contributed by atoms with Crippen LogP contribution in [0.3, 0.4) is 0 Å². The predicted octanol–water partition coefficient (Wildman–Crippen LogP) is 4.87. The highest BCUT2D eigenvalue weighted by Crippen LogP contribution is 2.42. The van der Waals surface area contributed by atoms with Crippen LogP contribution < -0.4 is 4.74 Å². The number of ether oxygens (including phenoxy) is 2. The molecule has 2 aliphatic heterocycles. The molecule has 0 bridgehead atoms. The maximum atomic E-state index is 13.9. The minimum absolute atomic E-state index is 0.0901. The molecule has 0 aliphatic carbocycles. The summed E-state index contributed by atoms with van der Waals surface area (Å²) in [7, 11) is 0. The van der Waals surface area contributed by atoms with E-state index >= 15 is 0 Å². The number of benzene rings is 1. The monoisotopic (exact) mass is 610 g/mol. The Balaban J connectivity index is 1.72. The summed E-state index contributed by atoms with van der Waals surface area (Å²) < 4.78 is 12.3. The molecule has 35 heavy (non-hydrogen) atoms. The van der Waals surface area contributed by atoms with Crippen LogP contribution >= 0.6 is 34.2 Å². The first-order valence-corrected chi connectivity index (χ1v) is 13.6. The van der Waals surface area contributed by atoms with Crippen molar-refractivity contribution in [3.05, 3.63) is 70.1 Å². The number of rotatable bonds is 9. The third kappa shape index (κ3) is 5.98. The van der Waals surface area contributed by atoms with Crippen molar-refractivity contribution in [1.29, 1.82) is 0 Å². The number of alkyl halides is 1. The molecule has 2 aromatic rings. The third-order valence-electron chi connectivity index (χ3n) is 6.57. The fourth-order valence-electron chi connectivity index (χ4n) is 4.89. The number of pyridine rings is 1. The zero-order chi connectivity index (χ0) is 24.9. The van der Waals surface area contributed by atoms with Gasteiger partial charge in [0.15, 0.2) is 0 Å². The van der Waals surface area contributed by atoms with E-state index in [9.17, 15) is 14.7 Å². The molecule has 3 heterocycles. The Morgan fingerprint density at radius 3 is 2.66 bits per heavy atom. The first kappa shape index (κ1) is 25.9. The molecule has 1 amide bonds. The topological polar surface area (TPSA) is 89.0 Å². The van der Waals surface area contributed by atoms with E-state index in [1.807, 2.05) is 24.3 Å². The number of carbonyl (C=O) groups excluding carboxylic acids is 1. The van der Waals surface area contributed by atoms with Crippen molar-refractivity contribution in [1.82, 2.24) is 9.88 Å². The first-order chi connectivity index (χ1) is 16.9. The highest BCUT2D eigenvalue weighted by molar-refractivity contribution is 14.1. The molecule has 2 aliphatic rings. The highest BCUT2D eigenvalue weighted by Gasteiger charge is 2.44. The summed E-state index contributed by atoms with van der Waals surface area (Å²) in [5.41, 5.74) is 2.25. The Hall–Kier alpha value is -2.17. The summed E-state index contributed by atoms with van der Waals surface area (Å²) in [6.45, 7) is 3.35. The number of halogens is 2. The van der Waals surface area contributed by atoms with Gasteiger partial charge in [-0.1, -0.05) is 52.4 Å². The standard InChI is InChI=1S/C26H28ClIN2O5/c1-16-23(26(32)33)24(18-6-9-22(27)29-14-18)21(25(31)30(16)15-20-3-2-11-34-20)13-17-4-7-19(8-5-17)35-12-10-28/h4-9,14,20-21,24H,2-3,10-13,15H2,1H3,(H,32,33)/t20-,21?,24-/m1/s1. The number of hydrogen-bond acceptors (Lipinski definition) is 5. The molecule has 0 radical (unpaired) electrons. The number of carboxylic acids is 1. The minimum Gasteiger partial charge on any atom is -0.493 e. The van der Waals surface area contributed by atoms with Gasteiger partial charge in [-0.2, -0.15) is 0 Å². The van der Waals surface area contributed by atoms with Gasteiger partial charge < -0.3 is 19.5 Å². The molecule has 1 aromatic carbocycles. The Kier molecular flexibility index (Phi) is 8.67. The third-order valence-corrected chi connectivity index (χ3v) is 7.23. The second kappa shape index (κ2) is 11.7. The molecule has 1 fully saturated rings. The number of carboxylic acid groups (broad SMARTS) is 1. The summed E-state index contributed by atoms with van der Waals surface area (Å²) in [5.74, 6) is -1.65. The van der Waals surface area contributed by atoms with Crippen LogP contribution in [0.15, 0.2) is 53.9 Å². The minimum atomic E-state index is -1.04. The number of hydrogen-bond donors (Lipinski definition) is 1. The zero-order valence-electron chi connectivity index (χ0n) is 19.5. The van der Waals surface area contributed by atoms with E-state index in [0.717, 1.165) is 28.6 Å². The van der Waals surface area contributed by atoms with Gasteiger partial charge in [0.25, 0.3) is 0 Å². The Bertz CT molecular complexity index is 1080. The molecular formula is C26H28ClIN2O5. The van der Waals surface area contributed by atoms with Crippen molar-refractivity contribution in [2.24, 2.45) is 5.92 Å². The number of carbonyl (C=O) groups is 2. The summed E-state index contributed by atoms with van der Waals surface area (Å²) in [6, 6.07) is 11.0. The summed E-state index contributed by atoms with van der Waals surface area (Å²) in [4.78, 5) is 32.3. The van der Waals surface area contributed by atoms with E-state index in [-0.39, 0.29) is 17.6 Å². The van der Waals surface area contributed by atoms with Crippen molar-refractivity contribution in [3.63, 3.8) is 0 Å². The lowest BCUT2D eigenvalue weighted by Crippen LogP contribution is -2.47. The molecule has 1 N–H and O–H groups in total. The summed E-state index contributed by atoms with van der Waals surface area (Å²) in [5, 5.41) is 10.6. The van der Waals surface area contributed by atoms with Crippen LogP contribution in [0.25, 0.3) is 0 Å². The number of allylic oxidation sites excluding steroid dienone is 1. The van der Waals surface area contributed by atoms with Gasteiger partial charge in [0.2, 0.25) is 5.91 Å². The molecule has 1 aromatic heterocycles. The van der Waals surface area contributed by atoms with Crippen molar-refractivity contribution in [2.75, 3.05) is 24.2 Å². The van der Waals surface area contributed by atoms with E-state index in [1.165, 1.54) is 0 Å². The van der Waals surface area contributed by atoms with E-state index in [1.54, 1.807) is 30.2 Å². The normalized spacial score (nSPS) is 22.5. The van der Waals surface area contributed by atoms with Crippen LogP contribution in [-0.4, -0.2) is 57.2 Å². The van der Waals surface area contributed by atoms with Gasteiger partial charge in [-0.15, -0.1) is 0 Å². The second-order valence-electron chi connectivity index (χ2n) is 8.77. The van der Waals surface area contributed by atoms with Gasteiger partial charge in [-0.25, -0.2) is 9.78 Å². The van der Waals surface area contributed by atoms with Crippen LogP contribution in [0.4, 0.5) is 0 Å². The van der Waals surface area contributed by atoms with Crippen molar-refractivity contribution in [2.45, 2.75) is 38.2 Å². The van der Waals surface area contributed by atoms with Gasteiger partial charge >= 0.3 is 5.97 Å². The fourth-order valence-corrected chi connectivity index (χ4v) is 5.23. The van der Waals surface area contributed by atoms with Crippen molar-refractivity contribution >= 4 is 46.1 Å². The Morgan fingerprint density at radius 2 is 2.06 bits per heavy atom. The van der Waals surface area contributed by atoms with Crippen LogP contribution in [0.2, 0.25) is 5.15 Å². The first-order valence-electron chi connectivity index (χ1n) is 11.6. The Labute approximate surface area is 223 Å². The molecule has 0 spiro atoms. The average Bonchev–Trinajstić information content (AvgIpc) is 3.36. The van der Waals surface area contributed by atoms with E-state index < -0.39 is 17.8 Å². The van der Waals surface area contributed by atoms with Crippen LogP contribution in [0, 0.1) is 5.92 Å². The average molecular weight is 611 g/mol. The lowest BCUT2D eigenvalue weighted by atomic mass is 9.74. The SMILES string of the molecule is CC1=C(C(=O)O)[C@H](c2ccc(Cl)nc2)C(Cc2ccc(OCCI)cc2)C(=O)N1C[C@H]1CCCO1. The quantitative estimate of drug-likeness (QED) is 0.248. The lowest BCUT2D eigenvalue weighted by Gasteiger charge is -2.40. The molecule has 7 nitrogen and oxygen atoms in total. The molecule has 0 saturated carbocycles. The van der Waals surface area contributed by atoms with Crippen molar-refractivity contribution < 1.29 is 24.2 Å². The zero-order valence-corrected chi connectivity index (χ0v) is 22.4. The summed E-state index contributed by atoms with van der Waals surface area (Å²) >= 11 is 8.26. The molecular weight excluding hydrogens is 583 g/mol. The lowest BCUT2D eigenvalue weighted by molar-refractivity contribution is -0.139. The van der Waals surface area contributed by atoms with E-state index in [4.69, 9.17) is 21.1 Å². The second-order valence-corrected chi connectivity index (χ2v) is 10.2. The smallest absolute Gasteiger partial charge is 0.333 e. The van der Waals surface area contributed by atoms with Crippen LogP contribution in [-0.2, 0) is 20.7 Å². The van der Waals surface area contributed by atoms with Gasteiger partial charge in [-0.05, 0) is 55.5 Å². The van der Waals surface area contributed by atoms with Gasteiger partial charge in [0, 0.05) is 28.8 Å². The van der Waals surface area contributed by atoms with Crippen molar-refractivity contribution in [3.8, 4) is 5.75 Å². The summed E-state index contributed by atoms with van der Waals surface area (Å²) in [6.07, 6.45) is 3.65. The molecule has 9 heteroatoms. The largest absolute Gasteiger partial charge is 0.493 e. The molecule has 3 atom stereocenters. The van der Waals surface area contributed by atoms with Gasteiger partial charge in [-0.3, -0.25) is 4.79 Å². The number of amides is 1.